The molecule has 2 heterocycles. The summed E-state index contributed by atoms with van der Waals surface area (Å²) in [4.78, 5) is 12.7. The van der Waals surface area contributed by atoms with E-state index in [1.165, 1.54) is 24.1 Å². The van der Waals surface area contributed by atoms with Crippen molar-refractivity contribution in [3.63, 3.8) is 0 Å². The Morgan fingerprint density at radius 2 is 1.88 bits per heavy atom. The second-order valence-corrected chi connectivity index (χ2v) is 6.38. The molecular weight excluding hydrogens is 298 g/mol. The summed E-state index contributed by atoms with van der Waals surface area (Å²) in [6.45, 7) is 6.68. The van der Waals surface area contributed by atoms with Gasteiger partial charge in [-0.3, -0.25) is 14.7 Å². The number of benzene rings is 1. The molecule has 4 heteroatoms. The maximum absolute atomic E-state index is 5.37. The molecule has 1 aromatic carbocycles. The lowest BCUT2D eigenvalue weighted by Gasteiger charge is -2.31. The van der Waals surface area contributed by atoms with Crippen molar-refractivity contribution in [2.75, 3.05) is 19.6 Å². The van der Waals surface area contributed by atoms with Crippen LogP contribution in [0.1, 0.15) is 42.6 Å². The highest BCUT2D eigenvalue weighted by Gasteiger charge is 2.21. The Balaban J connectivity index is 1.52. The van der Waals surface area contributed by atoms with Crippen LogP contribution in [-0.2, 0) is 18.0 Å². The van der Waals surface area contributed by atoms with Crippen LogP contribution in [0.4, 0.5) is 0 Å². The number of likely N-dealkylation sites (tertiary alicyclic amines) is 1. The number of hydroxylamine groups is 1. The fraction of sp³-hybridized carbons (Fsp3) is 0.450. The summed E-state index contributed by atoms with van der Waals surface area (Å²) in [5.41, 5.74) is 6.49. The number of rotatable bonds is 7. The number of hydrogen-bond acceptors (Lipinski definition) is 4. The number of nitrogens with zero attached hydrogens (tertiary/aromatic N) is 2. The van der Waals surface area contributed by atoms with Gasteiger partial charge in [0.05, 0.1) is 5.69 Å². The van der Waals surface area contributed by atoms with Gasteiger partial charge in [0, 0.05) is 24.7 Å². The second kappa shape index (κ2) is 8.92. The molecule has 4 nitrogen and oxygen atoms in total. The van der Waals surface area contributed by atoms with E-state index >= 15 is 0 Å². The SMILES string of the molecule is CCNOCc1cccc(C2CCN(Cc3ccccc3)CC2)n1. The maximum atomic E-state index is 5.37. The molecule has 128 valence electrons. The summed E-state index contributed by atoms with van der Waals surface area (Å²) < 4.78 is 0. The molecule has 0 unspecified atom stereocenters. The van der Waals surface area contributed by atoms with E-state index in [2.05, 4.69) is 52.8 Å². The number of hydrogen-bond donors (Lipinski definition) is 1. The summed E-state index contributed by atoms with van der Waals surface area (Å²) >= 11 is 0. The van der Waals surface area contributed by atoms with E-state index in [9.17, 15) is 0 Å². The Morgan fingerprint density at radius 3 is 2.62 bits per heavy atom. The highest BCUT2D eigenvalue weighted by molar-refractivity contribution is 5.17. The molecule has 1 N–H and O–H groups in total. The Morgan fingerprint density at radius 1 is 1.08 bits per heavy atom. The molecule has 1 aromatic heterocycles. The Labute approximate surface area is 144 Å². The average molecular weight is 325 g/mol. The molecule has 1 saturated heterocycles. The molecule has 24 heavy (non-hydrogen) atoms. The predicted octanol–water partition coefficient (Wildman–Crippen LogP) is 3.50. The van der Waals surface area contributed by atoms with Gasteiger partial charge in [0.15, 0.2) is 0 Å². The Kier molecular flexibility index (Phi) is 6.35. The van der Waals surface area contributed by atoms with Crippen molar-refractivity contribution in [1.82, 2.24) is 15.4 Å². The normalized spacial score (nSPS) is 16.4. The molecule has 0 radical (unpaired) electrons. The van der Waals surface area contributed by atoms with Gasteiger partial charge in [0.2, 0.25) is 0 Å². The number of piperidine rings is 1. The van der Waals surface area contributed by atoms with E-state index in [0.29, 0.717) is 12.5 Å². The summed E-state index contributed by atoms with van der Waals surface area (Å²) in [5.74, 6) is 0.566. The Bertz CT molecular complexity index is 609. The second-order valence-electron chi connectivity index (χ2n) is 6.38. The molecule has 0 saturated carbocycles. The first kappa shape index (κ1) is 17.1. The van der Waals surface area contributed by atoms with Gasteiger partial charge in [-0.1, -0.05) is 43.3 Å². The van der Waals surface area contributed by atoms with Crippen LogP contribution in [0.25, 0.3) is 0 Å². The van der Waals surface area contributed by atoms with Gasteiger partial charge in [-0.2, -0.15) is 0 Å². The monoisotopic (exact) mass is 325 g/mol. The minimum absolute atomic E-state index is 0.522. The zero-order valence-corrected chi connectivity index (χ0v) is 14.4. The van der Waals surface area contributed by atoms with E-state index in [1.807, 2.05) is 13.0 Å². The maximum Gasteiger partial charge on any atom is 0.110 e. The quantitative estimate of drug-likeness (QED) is 0.624. The third kappa shape index (κ3) is 4.87. The zero-order valence-electron chi connectivity index (χ0n) is 14.4. The van der Waals surface area contributed by atoms with Crippen molar-refractivity contribution in [3.05, 3.63) is 65.5 Å². The first-order valence-corrected chi connectivity index (χ1v) is 8.92. The van der Waals surface area contributed by atoms with Crippen LogP contribution < -0.4 is 5.48 Å². The zero-order chi connectivity index (χ0) is 16.6. The molecule has 0 spiro atoms. The van der Waals surface area contributed by atoms with E-state index < -0.39 is 0 Å². The van der Waals surface area contributed by atoms with Crippen molar-refractivity contribution in [3.8, 4) is 0 Å². The number of pyridine rings is 1. The molecule has 2 aromatic rings. The molecule has 3 rings (SSSR count). The molecule has 0 aliphatic carbocycles. The molecule has 1 aliphatic rings. The van der Waals surface area contributed by atoms with Crippen molar-refractivity contribution in [1.29, 1.82) is 0 Å². The topological polar surface area (TPSA) is 37.4 Å². The molecule has 1 fully saturated rings. The van der Waals surface area contributed by atoms with Crippen LogP contribution in [0.3, 0.4) is 0 Å². The molecular formula is C20H27N3O. The van der Waals surface area contributed by atoms with Gasteiger partial charge >= 0.3 is 0 Å². The van der Waals surface area contributed by atoms with Gasteiger partial charge in [-0.05, 0) is 43.6 Å². The minimum Gasteiger partial charge on any atom is -0.299 e. The molecule has 0 amide bonds. The van der Waals surface area contributed by atoms with Gasteiger partial charge < -0.3 is 0 Å². The van der Waals surface area contributed by atoms with E-state index in [4.69, 9.17) is 9.82 Å². The molecule has 1 aliphatic heterocycles. The first-order chi connectivity index (χ1) is 11.8. The van der Waals surface area contributed by atoms with Crippen molar-refractivity contribution in [2.24, 2.45) is 0 Å². The molecule has 0 bridgehead atoms. The van der Waals surface area contributed by atoms with E-state index in [-0.39, 0.29) is 0 Å². The van der Waals surface area contributed by atoms with Gasteiger partial charge in [0.25, 0.3) is 0 Å². The van der Waals surface area contributed by atoms with Crippen LogP contribution in [0, 0.1) is 0 Å². The summed E-state index contributed by atoms with van der Waals surface area (Å²) in [5, 5.41) is 0. The van der Waals surface area contributed by atoms with Crippen molar-refractivity contribution in [2.45, 2.75) is 38.8 Å². The van der Waals surface area contributed by atoms with Crippen LogP contribution in [-0.4, -0.2) is 29.5 Å². The Hall–Kier alpha value is -1.75. The predicted molar refractivity (Wildman–Crippen MR) is 96.4 cm³/mol. The van der Waals surface area contributed by atoms with Crippen LogP contribution in [0.2, 0.25) is 0 Å². The average Bonchev–Trinajstić information content (AvgIpc) is 2.64. The summed E-state index contributed by atoms with van der Waals surface area (Å²) in [6, 6.07) is 17.0. The highest BCUT2D eigenvalue weighted by Crippen LogP contribution is 2.27. The fourth-order valence-electron chi connectivity index (χ4n) is 3.26. The van der Waals surface area contributed by atoms with E-state index in [1.54, 1.807) is 0 Å². The highest BCUT2D eigenvalue weighted by atomic mass is 16.6. The summed E-state index contributed by atoms with van der Waals surface area (Å²) in [6.07, 6.45) is 2.36. The molecule has 0 atom stereocenters. The van der Waals surface area contributed by atoms with Crippen molar-refractivity contribution >= 4 is 0 Å². The lowest BCUT2D eigenvalue weighted by molar-refractivity contribution is 0.0293. The summed E-state index contributed by atoms with van der Waals surface area (Å²) in [7, 11) is 0. The van der Waals surface area contributed by atoms with E-state index in [0.717, 1.165) is 31.9 Å². The van der Waals surface area contributed by atoms with Gasteiger partial charge in [0.1, 0.15) is 6.61 Å². The fourth-order valence-corrected chi connectivity index (χ4v) is 3.26. The number of nitrogens with one attached hydrogen (secondary N) is 1. The largest absolute Gasteiger partial charge is 0.299 e. The third-order valence-corrected chi connectivity index (χ3v) is 4.55. The van der Waals surface area contributed by atoms with Crippen molar-refractivity contribution < 1.29 is 4.84 Å². The smallest absolute Gasteiger partial charge is 0.110 e. The van der Waals surface area contributed by atoms with Crippen LogP contribution in [0.15, 0.2) is 48.5 Å². The van der Waals surface area contributed by atoms with Crippen LogP contribution >= 0.6 is 0 Å². The van der Waals surface area contributed by atoms with Crippen LogP contribution in [0.5, 0.6) is 0 Å². The third-order valence-electron chi connectivity index (χ3n) is 4.55. The first-order valence-electron chi connectivity index (χ1n) is 8.92. The van der Waals surface area contributed by atoms with Gasteiger partial charge in [-0.15, -0.1) is 0 Å². The van der Waals surface area contributed by atoms with Gasteiger partial charge in [-0.25, -0.2) is 5.48 Å². The standard InChI is InChI=1S/C20H27N3O/c1-2-21-24-16-19-9-6-10-20(22-19)18-11-13-23(14-12-18)15-17-7-4-3-5-8-17/h3-10,18,21H,2,11-16H2,1H3. The lowest BCUT2D eigenvalue weighted by atomic mass is 9.92. The lowest BCUT2D eigenvalue weighted by Crippen LogP contribution is -2.32. The number of aromatic nitrogens is 1. The minimum atomic E-state index is 0.522.